The van der Waals surface area contributed by atoms with Gasteiger partial charge in [-0.25, -0.2) is 14.4 Å². The summed E-state index contributed by atoms with van der Waals surface area (Å²) in [5.74, 6) is 5.30. The van der Waals surface area contributed by atoms with Crippen molar-refractivity contribution in [2.24, 2.45) is 5.92 Å². The lowest BCUT2D eigenvalue weighted by atomic mass is 9.80. The van der Waals surface area contributed by atoms with Crippen LogP contribution in [0.3, 0.4) is 0 Å². The molecule has 3 aromatic carbocycles. The molecule has 0 amide bonds. The average molecular weight is 668 g/mol. The first-order valence-corrected chi connectivity index (χ1v) is 16.5. The van der Waals surface area contributed by atoms with E-state index >= 15 is 0 Å². The van der Waals surface area contributed by atoms with E-state index in [0.717, 1.165) is 71.9 Å². The molecule has 1 aliphatic heterocycles. The number of carbonyl (C=O) groups is 1. The minimum atomic E-state index is -0.889. The van der Waals surface area contributed by atoms with Gasteiger partial charge < -0.3 is 23.7 Å². The molecule has 9 nitrogen and oxygen atoms in total. The highest BCUT2D eigenvalue weighted by molar-refractivity contribution is 6.30. The maximum absolute atomic E-state index is 14.1. The third-order valence-corrected chi connectivity index (χ3v) is 9.29. The summed E-state index contributed by atoms with van der Waals surface area (Å²) in [4.78, 5) is 23.5. The fourth-order valence-corrected chi connectivity index (χ4v) is 6.54. The van der Waals surface area contributed by atoms with E-state index in [0.29, 0.717) is 18.1 Å². The molecular weight excluding hydrogens is 633 g/mol. The Hall–Kier alpha value is -4.85. The number of halogens is 2. The Morgan fingerprint density at radius 1 is 1.08 bits per heavy atom. The Bertz CT molecular complexity index is 2020. The number of aromatic nitrogens is 4. The Morgan fingerprint density at radius 3 is 2.69 bits per heavy atom. The van der Waals surface area contributed by atoms with Crippen LogP contribution >= 0.6 is 11.6 Å². The number of piperidine rings is 1. The van der Waals surface area contributed by atoms with Gasteiger partial charge in [-0.15, -0.1) is 0 Å². The summed E-state index contributed by atoms with van der Waals surface area (Å²) in [7, 11) is 0. The molecule has 1 fully saturated rings. The number of hydrogen-bond donors (Lipinski definition) is 1. The number of ether oxygens (including phenoxy) is 2. The maximum atomic E-state index is 14.1. The minimum Gasteiger partial charge on any atom is -0.490 e. The second-order valence-electron chi connectivity index (χ2n) is 12.2. The van der Waals surface area contributed by atoms with Crippen LogP contribution in [0.25, 0.3) is 11.0 Å². The predicted molar refractivity (Wildman–Crippen MR) is 179 cm³/mol. The number of carboxylic acid groups (broad SMARTS) is 1. The van der Waals surface area contributed by atoms with Gasteiger partial charge in [-0.1, -0.05) is 41.6 Å². The van der Waals surface area contributed by atoms with Crippen LogP contribution in [-0.4, -0.2) is 54.3 Å². The Morgan fingerprint density at radius 2 is 1.94 bits per heavy atom. The van der Waals surface area contributed by atoms with Crippen molar-refractivity contribution in [3.8, 4) is 23.3 Å². The number of rotatable bonds is 12. The van der Waals surface area contributed by atoms with E-state index < -0.39 is 17.7 Å². The van der Waals surface area contributed by atoms with E-state index in [1.54, 1.807) is 6.07 Å². The zero-order valence-corrected chi connectivity index (χ0v) is 27.2. The van der Waals surface area contributed by atoms with Crippen LogP contribution in [0.15, 0.2) is 73.2 Å². The molecule has 0 saturated carbocycles. The van der Waals surface area contributed by atoms with Crippen LogP contribution in [0.4, 0.5) is 4.39 Å². The van der Waals surface area contributed by atoms with E-state index in [4.69, 9.17) is 26.1 Å². The van der Waals surface area contributed by atoms with Gasteiger partial charge in [0, 0.05) is 30.9 Å². The van der Waals surface area contributed by atoms with Crippen molar-refractivity contribution in [3.05, 3.63) is 107 Å². The van der Waals surface area contributed by atoms with Gasteiger partial charge in [-0.05, 0) is 73.4 Å². The molecule has 5 aromatic rings. The van der Waals surface area contributed by atoms with E-state index in [9.17, 15) is 14.3 Å². The van der Waals surface area contributed by atoms with E-state index in [-0.39, 0.29) is 24.4 Å². The number of fused-ring (bicyclic) bond motifs is 1. The minimum absolute atomic E-state index is 0.0668. The topological polar surface area (TPSA) is 94.6 Å². The first-order chi connectivity index (χ1) is 23.3. The van der Waals surface area contributed by atoms with Crippen LogP contribution in [0, 0.1) is 23.6 Å². The zero-order valence-electron chi connectivity index (χ0n) is 26.5. The van der Waals surface area contributed by atoms with E-state index in [2.05, 4.69) is 43.8 Å². The summed E-state index contributed by atoms with van der Waals surface area (Å²) < 4.78 is 30.5. The molecular formula is C37H35ClFN5O4. The van der Waals surface area contributed by atoms with Crippen molar-refractivity contribution in [3.63, 3.8) is 0 Å². The van der Waals surface area contributed by atoms with Crippen LogP contribution in [-0.2, 0) is 31.0 Å². The fraction of sp³-hybridized carbons (Fsp3) is 0.324. The van der Waals surface area contributed by atoms with Crippen molar-refractivity contribution in [2.75, 3.05) is 13.1 Å². The largest absolute Gasteiger partial charge is 0.490 e. The summed E-state index contributed by atoms with van der Waals surface area (Å²) in [6.07, 6.45) is 5.52. The zero-order chi connectivity index (χ0) is 33.2. The number of nitrogens with zero attached hydrogens (tertiary/aromatic N) is 5. The second kappa shape index (κ2) is 13.7. The Labute approximate surface area is 282 Å². The molecule has 2 unspecified atom stereocenters. The first-order valence-electron chi connectivity index (χ1n) is 16.1. The molecule has 2 aliphatic rings. The highest BCUT2D eigenvalue weighted by atomic mass is 35.5. The summed E-state index contributed by atoms with van der Waals surface area (Å²) >= 11 is 5.85. The van der Waals surface area contributed by atoms with Gasteiger partial charge in [0.2, 0.25) is 0 Å². The fourth-order valence-electron chi connectivity index (χ4n) is 6.38. The average Bonchev–Trinajstić information content (AvgIpc) is 3.65. The molecule has 1 saturated heterocycles. The second-order valence-corrected chi connectivity index (χ2v) is 12.7. The normalized spacial score (nSPS) is 17.9. The van der Waals surface area contributed by atoms with Gasteiger partial charge in [0.1, 0.15) is 30.2 Å². The number of carboxylic acids is 1. The molecule has 11 heteroatoms. The third kappa shape index (κ3) is 6.75. The molecule has 3 heterocycles. The summed E-state index contributed by atoms with van der Waals surface area (Å²) in [6, 6.07) is 18.1. The number of aliphatic carboxylic acids is 1. The third-order valence-electron chi connectivity index (χ3n) is 9.05. The molecule has 48 heavy (non-hydrogen) atoms. The van der Waals surface area contributed by atoms with Crippen molar-refractivity contribution in [1.29, 1.82) is 0 Å². The quantitative estimate of drug-likeness (QED) is 0.152. The van der Waals surface area contributed by atoms with E-state index in [1.165, 1.54) is 12.1 Å². The molecule has 1 aliphatic carbocycles. The Balaban J connectivity index is 1.02. The highest BCUT2D eigenvalue weighted by Crippen LogP contribution is 2.33. The molecule has 0 bridgehead atoms. The number of benzene rings is 3. The molecule has 2 aromatic heterocycles. The smallest absolute Gasteiger partial charge is 0.320 e. The SMILES string of the molecule is CCn1cncc1Cn1c(CN2CCC(Oc3cccc(COc4ccc(Cl)cc4F)c3)CC2)nc2ccc(C3C#CC3C(=O)O)cc21. The highest BCUT2D eigenvalue weighted by Gasteiger charge is 2.32. The molecule has 7 rings (SSSR count). The summed E-state index contributed by atoms with van der Waals surface area (Å²) in [6.45, 7) is 6.09. The molecule has 0 spiro atoms. The Kier molecular flexibility index (Phi) is 9.06. The maximum Gasteiger partial charge on any atom is 0.320 e. The van der Waals surface area contributed by atoms with Crippen molar-refractivity contribution >= 4 is 28.6 Å². The lowest BCUT2D eigenvalue weighted by Gasteiger charge is -2.32. The van der Waals surface area contributed by atoms with E-state index in [1.807, 2.05) is 48.9 Å². The number of imidazole rings is 2. The van der Waals surface area contributed by atoms with Gasteiger partial charge >= 0.3 is 5.97 Å². The number of hydrogen-bond acceptors (Lipinski definition) is 6. The van der Waals surface area contributed by atoms with Crippen LogP contribution in [0.2, 0.25) is 5.02 Å². The van der Waals surface area contributed by atoms with Crippen molar-refractivity contribution in [1.82, 2.24) is 24.0 Å². The van der Waals surface area contributed by atoms with Gasteiger partial charge in [-0.2, -0.15) is 0 Å². The molecule has 2 atom stereocenters. The van der Waals surface area contributed by atoms with Crippen LogP contribution in [0.1, 0.15) is 48.3 Å². The lowest BCUT2D eigenvalue weighted by Crippen LogP contribution is -2.38. The number of likely N-dealkylation sites (tertiary alicyclic amines) is 1. The standard InChI is InChI=1S/C37H35ClFN5O4/c1-2-43-23-40-19-27(43)20-44-34-17-25(30-8-9-31(30)37(45)46)6-10-33(34)41-36(44)21-42-14-12-28(13-15-42)48-29-5-3-4-24(16-29)22-47-35-11-7-26(38)18-32(35)39/h3-7,10-11,16-19,23,28,30-31H,2,12-15,20-22H2,1H3,(H,45,46). The molecule has 1 N–H and O–H groups in total. The van der Waals surface area contributed by atoms with Gasteiger partial charge in [0.15, 0.2) is 11.6 Å². The number of aryl methyl sites for hydroxylation is 1. The van der Waals surface area contributed by atoms with Gasteiger partial charge in [-0.3, -0.25) is 9.69 Å². The van der Waals surface area contributed by atoms with Crippen LogP contribution < -0.4 is 9.47 Å². The van der Waals surface area contributed by atoms with Gasteiger partial charge in [0.25, 0.3) is 0 Å². The van der Waals surface area contributed by atoms with Crippen LogP contribution in [0.5, 0.6) is 11.5 Å². The molecule has 246 valence electrons. The monoisotopic (exact) mass is 667 g/mol. The predicted octanol–water partition coefficient (Wildman–Crippen LogP) is 6.52. The lowest BCUT2D eigenvalue weighted by molar-refractivity contribution is -0.140. The first kappa shape index (κ1) is 31.7. The van der Waals surface area contributed by atoms with Gasteiger partial charge in [0.05, 0.1) is 42.1 Å². The van der Waals surface area contributed by atoms with Crippen molar-refractivity contribution < 1.29 is 23.8 Å². The summed E-state index contributed by atoms with van der Waals surface area (Å²) in [5.41, 5.74) is 4.69. The van der Waals surface area contributed by atoms with Crippen molar-refractivity contribution in [2.45, 2.75) is 58.0 Å². The molecule has 0 radical (unpaired) electrons. The summed E-state index contributed by atoms with van der Waals surface area (Å²) in [5, 5.41) is 9.90.